The van der Waals surface area contributed by atoms with Gasteiger partial charge in [-0.1, -0.05) is 13.8 Å². The highest BCUT2D eigenvalue weighted by Gasteiger charge is 2.63. The second-order valence-electron chi connectivity index (χ2n) is 9.25. The monoisotopic (exact) mass is 291 g/mol. The lowest BCUT2D eigenvalue weighted by atomic mass is 9.42. The fourth-order valence-electron chi connectivity index (χ4n) is 6.61. The van der Waals surface area contributed by atoms with Crippen LogP contribution in [0.15, 0.2) is 0 Å². The first-order chi connectivity index (χ1) is 9.69. The maximum atomic E-state index is 12.6. The Morgan fingerprint density at radius 1 is 1.00 bits per heavy atom. The van der Waals surface area contributed by atoms with Crippen LogP contribution in [-0.4, -0.2) is 22.5 Å². The zero-order valence-corrected chi connectivity index (χ0v) is 13.0. The van der Waals surface area contributed by atoms with E-state index in [1.165, 1.54) is 19.3 Å². The molecule has 0 radical (unpaired) electrons. The fourth-order valence-corrected chi connectivity index (χ4v) is 6.61. The Kier molecular flexibility index (Phi) is 2.35. The largest absolute Gasteiger partial charge is 0.480 e. The molecule has 5 rings (SSSR count). The zero-order valence-electron chi connectivity index (χ0n) is 13.0. The first kappa shape index (κ1) is 13.6. The minimum absolute atomic E-state index is 0.134. The quantitative estimate of drug-likeness (QED) is 0.786. The highest BCUT2D eigenvalue weighted by atomic mass is 16.4. The number of nitrogens with one attached hydrogen (secondary N) is 1. The average molecular weight is 291 g/mol. The number of hydrogen-bond donors (Lipinski definition) is 2. The molecule has 4 bridgehead atoms. The van der Waals surface area contributed by atoms with Gasteiger partial charge in [-0.25, -0.2) is 0 Å². The second-order valence-corrected chi connectivity index (χ2v) is 9.25. The van der Waals surface area contributed by atoms with Gasteiger partial charge in [-0.2, -0.15) is 0 Å². The minimum Gasteiger partial charge on any atom is -0.480 e. The highest BCUT2D eigenvalue weighted by molar-refractivity contribution is 6.05. The number of carboxylic acids is 1. The average Bonchev–Trinajstić information content (AvgIpc) is 3.02. The molecule has 0 heterocycles. The molecule has 21 heavy (non-hydrogen) atoms. The van der Waals surface area contributed by atoms with Gasteiger partial charge in [0, 0.05) is 5.54 Å². The summed E-state index contributed by atoms with van der Waals surface area (Å²) in [4.78, 5) is 23.9. The predicted molar refractivity (Wildman–Crippen MR) is 77.6 cm³/mol. The van der Waals surface area contributed by atoms with E-state index in [4.69, 9.17) is 0 Å². The molecule has 116 valence electrons. The van der Waals surface area contributed by atoms with Crippen molar-refractivity contribution < 1.29 is 14.7 Å². The molecule has 0 aliphatic heterocycles. The third-order valence-corrected chi connectivity index (χ3v) is 6.60. The Morgan fingerprint density at radius 3 is 2.00 bits per heavy atom. The molecule has 0 aromatic carbocycles. The molecule has 2 atom stereocenters. The van der Waals surface area contributed by atoms with Crippen molar-refractivity contribution in [2.45, 2.75) is 70.8 Å². The maximum Gasteiger partial charge on any atom is 0.319 e. The molecule has 5 saturated carbocycles. The molecule has 0 aromatic rings. The number of hydrogen-bond acceptors (Lipinski definition) is 2. The van der Waals surface area contributed by atoms with Gasteiger partial charge in [0.1, 0.15) is 5.41 Å². The van der Waals surface area contributed by atoms with E-state index < -0.39 is 11.4 Å². The summed E-state index contributed by atoms with van der Waals surface area (Å²) >= 11 is 0. The Morgan fingerprint density at radius 2 is 1.57 bits per heavy atom. The van der Waals surface area contributed by atoms with Crippen LogP contribution in [0.1, 0.15) is 65.2 Å². The molecular formula is C17H25NO3. The smallest absolute Gasteiger partial charge is 0.319 e. The van der Waals surface area contributed by atoms with Gasteiger partial charge in [0.05, 0.1) is 0 Å². The van der Waals surface area contributed by atoms with E-state index in [0.717, 1.165) is 19.3 Å². The molecule has 2 N–H and O–H groups in total. The Labute approximate surface area is 125 Å². The van der Waals surface area contributed by atoms with E-state index >= 15 is 0 Å². The molecule has 4 nitrogen and oxygen atoms in total. The Hall–Kier alpha value is -1.06. The van der Waals surface area contributed by atoms with Crippen LogP contribution in [0.5, 0.6) is 0 Å². The van der Waals surface area contributed by atoms with E-state index in [-0.39, 0.29) is 11.4 Å². The lowest BCUT2D eigenvalue weighted by molar-refractivity contribution is -0.154. The standard InChI is InChI=1S/C17H25NO3/c1-14-5-11-6-15(2,8-14)10-16(7-11,9-14)18-12(19)17(3-4-17)13(20)21/h11H,3-10H2,1-2H3,(H,18,19)(H,20,21). The molecule has 1 amide bonds. The van der Waals surface area contributed by atoms with Crippen molar-refractivity contribution in [2.75, 3.05) is 0 Å². The number of amides is 1. The van der Waals surface area contributed by atoms with Gasteiger partial charge in [0.2, 0.25) is 5.91 Å². The maximum absolute atomic E-state index is 12.6. The number of carbonyl (C=O) groups excluding carboxylic acids is 1. The third kappa shape index (κ3) is 1.87. The van der Waals surface area contributed by atoms with Crippen molar-refractivity contribution in [1.82, 2.24) is 5.32 Å². The number of aliphatic carboxylic acids is 1. The number of carbonyl (C=O) groups is 2. The zero-order chi connectivity index (χ0) is 15.1. The Balaban J connectivity index is 1.60. The summed E-state index contributed by atoms with van der Waals surface area (Å²) in [6.07, 6.45) is 7.96. The van der Waals surface area contributed by atoms with Crippen LogP contribution in [0, 0.1) is 22.2 Å². The predicted octanol–water partition coefficient (Wildman–Crippen LogP) is 2.72. The van der Waals surface area contributed by atoms with Crippen molar-refractivity contribution in [3.63, 3.8) is 0 Å². The summed E-state index contributed by atoms with van der Waals surface area (Å²) in [5.41, 5.74) is -0.570. The van der Waals surface area contributed by atoms with Gasteiger partial charge in [-0.05, 0) is 68.1 Å². The van der Waals surface area contributed by atoms with Crippen molar-refractivity contribution in [2.24, 2.45) is 22.2 Å². The topological polar surface area (TPSA) is 66.4 Å². The minimum atomic E-state index is -1.11. The molecular weight excluding hydrogens is 266 g/mol. The summed E-state index contributed by atoms with van der Waals surface area (Å²) in [7, 11) is 0. The van der Waals surface area contributed by atoms with Crippen LogP contribution < -0.4 is 5.32 Å². The summed E-state index contributed by atoms with van der Waals surface area (Å²) in [5, 5.41) is 12.6. The molecule has 0 spiro atoms. The van der Waals surface area contributed by atoms with Crippen LogP contribution in [0.4, 0.5) is 0 Å². The van der Waals surface area contributed by atoms with E-state index in [2.05, 4.69) is 19.2 Å². The van der Waals surface area contributed by atoms with Crippen molar-refractivity contribution in [3.05, 3.63) is 0 Å². The van der Waals surface area contributed by atoms with E-state index in [1.54, 1.807) is 0 Å². The summed E-state index contributed by atoms with van der Waals surface area (Å²) in [6, 6.07) is 0. The molecule has 4 heteroatoms. The first-order valence-corrected chi connectivity index (χ1v) is 8.25. The molecule has 0 saturated heterocycles. The van der Waals surface area contributed by atoms with E-state index in [9.17, 15) is 14.7 Å². The van der Waals surface area contributed by atoms with Gasteiger partial charge in [0.15, 0.2) is 0 Å². The van der Waals surface area contributed by atoms with Crippen LogP contribution in [0.3, 0.4) is 0 Å². The SMILES string of the molecule is CC12CC3CC(C)(C1)CC(NC(=O)C1(C(=O)O)CC1)(C3)C2. The summed E-state index contributed by atoms with van der Waals surface area (Å²) in [5.74, 6) is -0.456. The van der Waals surface area contributed by atoms with Crippen molar-refractivity contribution in [1.29, 1.82) is 0 Å². The number of carboxylic acid groups (broad SMARTS) is 1. The van der Waals surface area contributed by atoms with Crippen LogP contribution in [0.25, 0.3) is 0 Å². The van der Waals surface area contributed by atoms with Gasteiger partial charge >= 0.3 is 5.97 Å². The Bertz CT molecular complexity index is 518. The summed E-state index contributed by atoms with van der Waals surface area (Å²) < 4.78 is 0. The fraction of sp³-hybridized carbons (Fsp3) is 0.882. The normalized spacial score (nSPS) is 49.0. The molecule has 5 fully saturated rings. The van der Waals surface area contributed by atoms with Crippen LogP contribution in [-0.2, 0) is 9.59 Å². The number of rotatable bonds is 3. The second kappa shape index (κ2) is 3.64. The van der Waals surface area contributed by atoms with Crippen LogP contribution >= 0.6 is 0 Å². The van der Waals surface area contributed by atoms with Crippen LogP contribution in [0.2, 0.25) is 0 Å². The van der Waals surface area contributed by atoms with Gasteiger partial charge in [-0.3, -0.25) is 9.59 Å². The van der Waals surface area contributed by atoms with Crippen molar-refractivity contribution in [3.8, 4) is 0 Å². The van der Waals surface area contributed by atoms with Gasteiger partial charge < -0.3 is 10.4 Å². The highest BCUT2D eigenvalue weighted by Crippen LogP contribution is 2.66. The van der Waals surface area contributed by atoms with E-state index in [0.29, 0.717) is 29.6 Å². The third-order valence-electron chi connectivity index (χ3n) is 6.60. The van der Waals surface area contributed by atoms with E-state index in [1.807, 2.05) is 0 Å². The molecule has 5 aliphatic rings. The lowest BCUT2D eigenvalue weighted by Crippen LogP contribution is -2.66. The molecule has 2 unspecified atom stereocenters. The van der Waals surface area contributed by atoms with Gasteiger partial charge in [-0.15, -0.1) is 0 Å². The molecule has 0 aromatic heterocycles. The first-order valence-electron chi connectivity index (χ1n) is 8.25. The molecule has 5 aliphatic carbocycles. The summed E-state index contributed by atoms with van der Waals surface area (Å²) in [6.45, 7) is 4.72. The lowest BCUT2D eigenvalue weighted by Gasteiger charge is -2.65. The van der Waals surface area contributed by atoms with Crippen molar-refractivity contribution >= 4 is 11.9 Å². The van der Waals surface area contributed by atoms with Gasteiger partial charge in [0.25, 0.3) is 0 Å².